The van der Waals surface area contributed by atoms with E-state index in [1.807, 2.05) is 24.4 Å². The summed E-state index contributed by atoms with van der Waals surface area (Å²) in [7, 11) is 0. The van der Waals surface area contributed by atoms with Gasteiger partial charge in [0.25, 0.3) is 0 Å². The monoisotopic (exact) mass is 318 g/mol. The molecule has 0 radical (unpaired) electrons. The number of amides is 1. The summed E-state index contributed by atoms with van der Waals surface area (Å²) in [4.78, 5) is 12.4. The van der Waals surface area contributed by atoms with Crippen molar-refractivity contribution in [2.45, 2.75) is 19.3 Å². The van der Waals surface area contributed by atoms with Gasteiger partial charge in [-0.05, 0) is 49.6 Å². The molecule has 6 heteroatoms. The van der Waals surface area contributed by atoms with Crippen LogP contribution in [0.4, 0.5) is 5.69 Å². The minimum absolute atomic E-state index is 0.00886. The SMILES string of the molecule is NC[C@H]1CCC[C@H]1C(=O)Nc1ccc(-n2cccn2)c(Cl)c1. The maximum absolute atomic E-state index is 12.4. The Balaban J connectivity index is 1.73. The molecule has 1 aromatic carbocycles. The van der Waals surface area contributed by atoms with Crippen LogP contribution in [0.5, 0.6) is 0 Å². The Hall–Kier alpha value is -1.85. The van der Waals surface area contributed by atoms with Gasteiger partial charge < -0.3 is 11.1 Å². The molecule has 0 bridgehead atoms. The Morgan fingerprint density at radius 1 is 1.45 bits per heavy atom. The van der Waals surface area contributed by atoms with Crippen molar-refractivity contribution >= 4 is 23.2 Å². The van der Waals surface area contributed by atoms with E-state index in [9.17, 15) is 4.79 Å². The fourth-order valence-electron chi connectivity index (χ4n) is 3.08. The number of carbonyl (C=O) groups excluding carboxylic acids is 1. The van der Waals surface area contributed by atoms with Crippen molar-refractivity contribution in [3.8, 4) is 5.69 Å². The average Bonchev–Trinajstić information content (AvgIpc) is 3.18. The van der Waals surface area contributed by atoms with Gasteiger partial charge in [0.1, 0.15) is 0 Å². The van der Waals surface area contributed by atoms with Crippen molar-refractivity contribution in [3.05, 3.63) is 41.7 Å². The second kappa shape index (κ2) is 6.50. The molecule has 3 N–H and O–H groups in total. The fourth-order valence-corrected chi connectivity index (χ4v) is 3.35. The lowest BCUT2D eigenvalue weighted by atomic mass is 9.95. The molecular weight excluding hydrogens is 300 g/mol. The Labute approximate surface area is 134 Å². The Morgan fingerprint density at radius 2 is 2.32 bits per heavy atom. The summed E-state index contributed by atoms with van der Waals surface area (Å²) in [6, 6.07) is 7.27. The number of hydrogen-bond donors (Lipinski definition) is 2. The maximum atomic E-state index is 12.4. The lowest BCUT2D eigenvalue weighted by molar-refractivity contribution is -0.120. The zero-order valence-electron chi connectivity index (χ0n) is 12.2. The molecule has 0 aliphatic heterocycles. The standard InChI is InChI=1S/C16H19ClN4O/c17-14-9-12(5-6-15(14)21-8-2-7-19-21)20-16(22)13-4-1-3-11(13)10-18/h2,5-9,11,13H,1,3-4,10,18H2,(H,20,22)/t11-,13-/m1/s1. The molecule has 1 fully saturated rings. The van der Waals surface area contributed by atoms with Gasteiger partial charge in [0.2, 0.25) is 5.91 Å². The summed E-state index contributed by atoms with van der Waals surface area (Å²) in [5, 5.41) is 7.65. The van der Waals surface area contributed by atoms with E-state index in [0.717, 1.165) is 24.9 Å². The molecule has 1 aliphatic carbocycles. The maximum Gasteiger partial charge on any atom is 0.227 e. The van der Waals surface area contributed by atoms with Crippen LogP contribution in [0.1, 0.15) is 19.3 Å². The van der Waals surface area contributed by atoms with Gasteiger partial charge in [0.15, 0.2) is 0 Å². The molecule has 2 atom stereocenters. The number of anilines is 1. The Bertz CT molecular complexity index is 656. The third kappa shape index (κ3) is 3.00. The quantitative estimate of drug-likeness (QED) is 0.910. The number of carbonyl (C=O) groups is 1. The van der Waals surface area contributed by atoms with E-state index < -0.39 is 0 Å². The van der Waals surface area contributed by atoms with E-state index in [1.54, 1.807) is 16.9 Å². The van der Waals surface area contributed by atoms with E-state index in [2.05, 4.69) is 10.4 Å². The molecule has 0 saturated heterocycles. The van der Waals surface area contributed by atoms with Crippen LogP contribution in [-0.4, -0.2) is 22.2 Å². The molecule has 116 valence electrons. The largest absolute Gasteiger partial charge is 0.330 e. The molecule has 0 unspecified atom stereocenters. The predicted molar refractivity (Wildman–Crippen MR) is 87.1 cm³/mol. The van der Waals surface area contributed by atoms with Gasteiger partial charge in [-0.2, -0.15) is 5.10 Å². The number of nitrogens with one attached hydrogen (secondary N) is 1. The fraction of sp³-hybridized carbons (Fsp3) is 0.375. The molecule has 1 aromatic heterocycles. The topological polar surface area (TPSA) is 72.9 Å². The first-order chi connectivity index (χ1) is 10.7. The van der Waals surface area contributed by atoms with Gasteiger partial charge in [-0.15, -0.1) is 0 Å². The van der Waals surface area contributed by atoms with Crippen LogP contribution in [0.25, 0.3) is 5.69 Å². The zero-order valence-corrected chi connectivity index (χ0v) is 13.0. The third-order valence-electron chi connectivity index (χ3n) is 4.27. The number of benzene rings is 1. The molecule has 22 heavy (non-hydrogen) atoms. The van der Waals surface area contributed by atoms with Gasteiger partial charge >= 0.3 is 0 Å². The summed E-state index contributed by atoms with van der Waals surface area (Å²) >= 11 is 6.29. The van der Waals surface area contributed by atoms with Gasteiger partial charge in [0.05, 0.1) is 10.7 Å². The highest BCUT2D eigenvalue weighted by Gasteiger charge is 2.31. The van der Waals surface area contributed by atoms with E-state index in [0.29, 0.717) is 23.2 Å². The van der Waals surface area contributed by atoms with E-state index in [4.69, 9.17) is 17.3 Å². The number of hydrogen-bond acceptors (Lipinski definition) is 3. The molecule has 1 saturated carbocycles. The van der Waals surface area contributed by atoms with Crippen LogP contribution < -0.4 is 11.1 Å². The number of aromatic nitrogens is 2. The van der Waals surface area contributed by atoms with Gasteiger partial charge in [-0.25, -0.2) is 4.68 Å². The van der Waals surface area contributed by atoms with E-state index in [-0.39, 0.29) is 11.8 Å². The van der Waals surface area contributed by atoms with Crippen LogP contribution in [0.2, 0.25) is 5.02 Å². The molecule has 2 aromatic rings. The average molecular weight is 319 g/mol. The minimum Gasteiger partial charge on any atom is -0.330 e. The summed E-state index contributed by atoms with van der Waals surface area (Å²) in [6.07, 6.45) is 6.53. The predicted octanol–water partition coefficient (Wildman–Crippen LogP) is 2.84. The van der Waals surface area contributed by atoms with Crippen LogP contribution in [0.3, 0.4) is 0 Å². The minimum atomic E-state index is 0.00886. The number of rotatable bonds is 4. The molecule has 3 rings (SSSR count). The molecule has 1 amide bonds. The van der Waals surface area contributed by atoms with Crippen LogP contribution in [0.15, 0.2) is 36.7 Å². The molecular formula is C16H19ClN4O. The first-order valence-electron chi connectivity index (χ1n) is 7.49. The Kier molecular flexibility index (Phi) is 4.45. The summed E-state index contributed by atoms with van der Waals surface area (Å²) in [5.74, 6) is 0.337. The molecule has 0 spiro atoms. The second-order valence-corrected chi connectivity index (χ2v) is 6.05. The summed E-state index contributed by atoms with van der Waals surface area (Å²) in [6.45, 7) is 0.567. The number of nitrogens with two attached hydrogens (primary N) is 1. The highest BCUT2D eigenvalue weighted by atomic mass is 35.5. The van der Waals surface area contributed by atoms with Crippen molar-refractivity contribution in [3.63, 3.8) is 0 Å². The summed E-state index contributed by atoms with van der Waals surface area (Å²) < 4.78 is 1.69. The highest BCUT2D eigenvalue weighted by Crippen LogP contribution is 2.32. The summed E-state index contributed by atoms with van der Waals surface area (Å²) in [5.41, 5.74) is 7.23. The molecule has 1 aliphatic rings. The smallest absolute Gasteiger partial charge is 0.227 e. The zero-order chi connectivity index (χ0) is 15.5. The van der Waals surface area contributed by atoms with E-state index >= 15 is 0 Å². The van der Waals surface area contributed by atoms with E-state index in [1.165, 1.54) is 0 Å². The normalized spacial score (nSPS) is 21.0. The van der Waals surface area contributed by atoms with Gasteiger partial charge in [-0.3, -0.25) is 4.79 Å². The lowest BCUT2D eigenvalue weighted by Crippen LogP contribution is -2.29. The Morgan fingerprint density at radius 3 is 3.00 bits per heavy atom. The van der Waals surface area contributed by atoms with Crippen molar-refractivity contribution < 1.29 is 4.79 Å². The molecule has 1 heterocycles. The first kappa shape index (κ1) is 15.1. The highest BCUT2D eigenvalue weighted by molar-refractivity contribution is 6.32. The molecule has 5 nitrogen and oxygen atoms in total. The number of halogens is 1. The van der Waals surface area contributed by atoms with Gasteiger partial charge in [0, 0.05) is 24.0 Å². The van der Waals surface area contributed by atoms with Crippen molar-refractivity contribution in [1.29, 1.82) is 0 Å². The first-order valence-corrected chi connectivity index (χ1v) is 7.87. The van der Waals surface area contributed by atoms with Crippen molar-refractivity contribution in [1.82, 2.24) is 9.78 Å². The van der Waals surface area contributed by atoms with Crippen LogP contribution in [0, 0.1) is 11.8 Å². The van der Waals surface area contributed by atoms with Crippen LogP contribution in [-0.2, 0) is 4.79 Å². The second-order valence-electron chi connectivity index (χ2n) is 5.64. The van der Waals surface area contributed by atoms with Crippen molar-refractivity contribution in [2.75, 3.05) is 11.9 Å². The number of nitrogens with zero attached hydrogens (tertiary/aromatic N) is 2. The third-order valence-corrected chi connectivity index (χ3v) is 4.57. The lowest BCUT2D eigenvalue weighted by Gasteiger charge is -2.17. The van der Waals surface area contributed by atoms with Gasteiger partial charge in [-0.1, -0.05) is 18.0 Å². The van der Waals surface area contributed by atoms with Crippen molar-refractivity contribution in [2.24, 2.45) is 17.6 Å². The van der Waals surface area contributed by atoms with Crippen LogP contribution >= 0.6 is 11.6 Å².